The SMILES string of the molecule is CCC(C)(C)C(=O)OC(C)(C)C(O)(C(F)(F)F)C(F)(F)F.CCC(C)(C)C(=O)OC1CC(C)(C)[NH2+]C(C)(C)C1.CCC(C)(C)C(=O)OCC(F)(F)CC(F)(F)C(F)F.O=C(O)c1cc(I)cc(I)c1[O-]. The number of hydrogen-bond acceptors (Lipinski definition) is 9. The van der Waals surface area contributed by atoms with Crippen molar-refractivity contribution in [3.05, 3.63) is 24.8 Å². The van der Waals surface area contributed by atoms with Gasteiger partial charge in [0, 0.05) is 20.0 Å². The molecule has 0 spiro atoms. The van der Waals surface area contributed by atoms with Gasteiger partial charge in [-0.3, -0.25) is 14.4 Å². The Morgan fingerprint density at radius 3 is 1.47 bits per heavy atom. The molecule has 1 saturated heterocycles. The average Bonchev–Trinajstić information content (AvgIpc) is 3.15. The van der Waals surface area contributed by atoms with E-state index in [0.717, 1.165) is 22.8 Å². The van der Waals surface area contributed by atoms with Crippen molar-refractivity contribution >= 4 is 69.1 Å². The van der Waals surface area contributed by atoms with Gasteiger partial charge in [-0.25, -0.2) is 31.1 Å². The summed E-state index contributed by atoms with van der Waals surface area (Å²) in [5.41, 5.74) is -11.0. The van der Waals surface area contributed by atoms with Crippen LogP contribution in [0.4, 0.5) is 52.7 Å². The molecule has 0 saturated carbocycles. The molecule has 0 amide bonds. The first-order valence-electron chi connectivity index (χ1n) is 21.5. The molecule has 0 aliphatic carbocycles. The summed E-state index contributed by atoms with van der Waals surface area (Å²) in [5.74, 6) is -12.9. The number of quaternary nitrogens is 1. The number of carbonyl (C=O) groups excluding carboxylic acids is 3. The van der Waals surface area contributed by atoms with E-state index >= 15 is 0 Å². The minimum Gasteiger partial charge on any atom is -0.871 e. The van der Waals surface area contributed by atoms with Gasteiger partial charge in [-0.15, -0.1) is 0 Å². The minimum atomic E-state index is -6.06. The number of nitrogens with two attached hydrogens (primary N) is 1. The van der Waals surface area contributed by atoms with Crippen molar-refractivity contribution in [2.75, 3.05) is 6.61 Å². The monoisotopic (exact) mass is 1260 g/mol. The first-order valence-corrected chi connectivity index (χ1v) is 23.7. The maximum Gasteiger partial charge on any atom is 0.430 e. The van der Waals surface area contributed by atoms with Gasteiger partial charge in [-0.1, -0.05) is 26.5 Å². The topological polar surface area (TPSA) is 176 Å². The molecule has 0 radical (unpaired) electrons. The fraction of sp³-hybridized carbons (Fsp3) is 0.778. The highest BCUT2D eigenvalue weighted by atomic mass is 127. The Morgan fingerprint density at radius 2 is 1.11 bits per heavy atom. The van der Waals surface area contributed by atoms with Crippen LogP contribution < -0.4 is 10.4 Å². The molecule has 1 aromatic carbocycles. The molecule has 11 nitrogen and oxygen atoms in total. The molecular weight excluding hydrogens is 1200 g/mol. The second kappa shape index (κ2) is 25.1. The van der Waals surface area contributed by atoms with Gasteiger partial charge in [0.05, 0.1) is 39.3 Å². The lowest BCUT2D eigenvalue weighted by Crippen LogP contribution is -3.06. The summed E-state index contributed by atoms with van der Waals surface area (Å²) in [7, 11) is 0. The largest absolute Gasteiger partial charge is 0.871 e. The van der Waals surface area contributed by atoms with Crippen LogP contribution in [-0.2, 0) is 28.6 Å². The predicted molar refractivity (Wildman–Crippen MR) is 248 cm³/mol. The third kappa shape index (κ3) is 20.7. The van der Waals surface area contributed by atoms with E-state index in [-0.39, 0.29) is 40.6 Å². The van der Waals surface area contributed by atoms with E-state index in [2.05, 4.69) is 42.5 Å². The molecule has 1 aliphatic rings. The Labute approximate surface area is 428 Å². The van der Waals surface area contributed by atoms with Crippen molar-refractivity contribution in [2.45, 2.75) is 201 Å². The number of carbonyl (C=O) groups is 4. The summed E-state index contributed by atoms with van der Waals surface area (Å²) in [6.07, 6.45) is -15.5. The predicted octanol–water partition coefficient (Wildman–Crippen LogP) is 11.4. The Bertz CT molecular complexity index is 1890. The number of piperidine rings is 1. The number of aliphatic hydroxyl groups is 1. The number of alkyl halides is 12. The highest BCUT2D eigenvalue weighted by Gasteiger charge is 2.79. The Morgan fingerprint density at radius 1 is 0.729 bits per heavy atom. The molecular formula is C45H67F12I2NO10. The number of carboxylic acids is 1. The van der Waals surface area contributed by atoms with Gasteiger partial charge in [-0.05, 0) is 160 Å². The maximum atomic E-state index is 13.0. The second-order valence-electron chi connectivity index (χ2n) is 20.6. The summed E-state index contributed by atoms with van der Waals surface area (Å²) < 4.78 is 167. The number of aromatic carboxylic acids is 1. The van der Waals surface area contributed by atoms with Gasteiger partial charge < -0.3 is 34.8 Å². The average molecular weight is 1260 g/mol. The number of hydrogen-bond donors (Lipinski definition) is 3. The fourth-order valence-electron chi connectivity index (χ4n) is 6.09. The summed E-state index contributed by atoms with van der Waals surface area (Å²) in [4.78, 5) is 45.8. The molecule has 4 N–H and O–H groups in total. The van der Waals surface area contributed by atoms with Gasteiger partial charge in [0.1, 0.15) is 6.10 Å². The summed E-state index contributed by atoms with van der Waals surface area (Å²) in [6.45, 7) is 22.6. The van der Waals surface area contributed by atoms with E-state index in [1.807, 2.05) is 66.0 Å². The van der Waals surface area contributed by atoms with Crippen LogP contribution in [0.15, 0.2) is 12.1 Å². The molecule has 1 heterocycles. The van der Waals surface area contributed by atoms with Crippen LogP contribution in [-0.4, -0.2) is 99.7 Å². The quantitative estimate of drug-likeness (QED) is 0.0663. The number of ether oxygens (including phenoxy) is 3. The molecule has 410 valence electrons. The van der Waals surface area contributed by atoms with Crippen LogP contribution in [0.2, 0.25) is 0 Å². The normalized spacial score (nSPS) is 16.0. The van der Waals surface area contributed by atoms with Crippen molar-refractivity contribution in [3.63, 3.8) is 0 Å². The molecule has 70 heavy (non-hydrogen) atoms. The molecule has 0 unspecified atom stereocenters. The molecule has 2 rings (SSSR count). The van der Waals surface area contributed by atoms with E-state index in [1.165, 1.54) is 40.7 Å². The minimum absolute atomic E-state index is 0.0523. The van der Waals surface area contributed by atoms with Gasteiger partial charge in [0.25, 0.3) is 11.5 Å². The van der Waals surface area contributed by atoms with E-state index in [0.29, 0.717) is 23.8 Å². The Hall–Kier alpha value is -2.56. The van der Waals surface area contributed by atoms with Gasteiger partial charge in [-0.2, -0.15) is 26.3 Å². The number of rotatable bonds is 15. The molecule has 1 aliphatic heterocycles. The van der Waals surface area contributed by atoms with Crippen LogP contribution in [0.1, 0.15) is 153 Å². The highest BCUT2D eigenvalue weighted by molar-refractivity contribution is 14.1. The van der Waals surface area contributed by atoms with Crippen molar-refractivity contribution in [1.29, 1.82) is 0 Å². The zero-order chi connectivity index (χ0) is 56.5. The molecule has 1 aromatic rings. The Balaban J connectivity index is 0. The van der Waals surface area contributed by atoms with Crippen molar-refractivity contribution in [2.24, 2.45) is 16.2 Å². The lowest BCUT2D eigenvalue weighted by Gasteiger charge is -2.44. The van der Waals surface area contributed by atoms with Crippen LogP contribution in [0.5, 0.6) is 5.75 Å². The molecule has 0 atom stereocenters. The first-order chi connectivity index (χ1) is 30.8. The standard InChI is InChI=1S/C15H29NO2.C12H18F6O3.C11H16F6O2.C7H4I2O3/c1-8-13(2,3)12(17)18-11-9-14(4,5)16-15(6,7)10-11;1-6-8(2,3)7(19)21-9(4,5)10(20,11(13,14)15)12(16,17)18;1-4-9(2,3)8(18)19-6-10(14,15)5-11(16,17)7(12)13;8-3-1-4(7(11)12)6(10)5(9)2-3/h11,16H,8-10H2,1-7H3;20H,6H2,1-5H3;7H,4-6H2,1-3H3;1-2,10H,(H,11,12). The van der Waals surface area contributed by atoms with Crippen LogP contribution >= 0.6 is 45.2 Å². The van der Waals surface area contributed by atoms with E-state index in [9.17, 15) is 82.1 Å². The fourth-order valence-corrected chi connectivity index (χ4v) is 7.94. The van der Waals surface area contributed by atoms with Crippen molar-refractivity contribution in [1.82, 2.24) is 0 Å². The zero-order valence-corrected chi connectivity index (χ0v) is 46.1. The van der Waals surface area contributed by atoms with Crippen molar-refractivity contribution in [3.8, 4) is 5.75 Å². The maximum absolute atomic E-state index is 13.0. The van der Waals surface area contributed by atoms with Gasteiger partial charge >= 0.3 is 48.6 Å². The van der Waals surface area contributed by atoms with Gasteiger partial charge in [0.2, 0.25) is 0 Å². The van der Waals surface area contributed by atoms with E-state index in [1.54, 1.807) is 13.0 Å². The molecule has 0 aromatic heterocycles. The van der Waals surface area contributed by atoms with E-state index in [4.69, 9.17) is 9.84 Å². The van der Waals surface area contributed by atoms with Crippen molar-refractivity contribution < 1.29 is 107 Å². The third-order valence-electron chi connectivity index (χ3n) is 11.4. The summed E-state index contributed by atoms with van der Waals surface area (Å²) >= 11 is 3.80. The molecule has 1 fully saturated rings. The zero-order valence-electron chi connectivity index (χ0n) is 41.8. The lowest BCUT2D eigenvalue weighted by atomic mass is 9.80. The molecule has 0 bridgehead atoms. The van der Waals surface area contributed by atoms with E-state index < -0.39 is 89.3 Å². The second-order valence-corrected chi connectivity index (χ2v) is 23.0. The third-order valence-corrected chi connectivity index (χ3v) is 12.8. The lowest BCUT2D eigenvalue weighted by molar-refractivity contribution is -0.789. The van der Waals surface area contributed by atoms with Crippen LogP contribution in [0.3, 0.4) is 0 Å². The number of carboxylic acid groups (broad SMARTS) is 1. The smallest absolute Gasteiger partial charge is 0.430 e. The number of halogens is 14. The van der Waals surface area contributed by atoms with Crippen LogP contribution in [0, 0.1) is 23.4 Å². The summed E-state index contributed by atoms with van der Waals surface area (Å²) in [6, 6.07) is 3.02. The summed E-state index contributed by atoms with van der Waals surface area (Å²) in [5, 5.41) is 31.4. The molecule has 25 heteroatoms. The highest BCUT2D eigenvalue weighted by Crippen LogP contribution is 2.51. The first kappa shape index (κ1) is 69.5. The number of benzene rings is 1. The number of esters is 3. The Kier molecular flexibility index (Phi) is 24.9. The van der Waals surface area contributed by atoms with Crippen LogP contribution in [0.25, 0.3) is 0 Å². The van der Waals surface area contributed by atoms with Gasteiger partial charge in [0.15, 0.2) is 12.2 Å².